The van der Waals surface area contributed by atoms with Crippen molar-refractivity contribution in [2.75, 3.05) is 19.6 Å². The Morgan fingerprint density at radius 3 is 2.78 bits per heavy atom. The van der Waals surface area contributed by atoms with Gasteiger partial charge in [0.1, 0.15) is 5.82 Å². The van der Waals surface area contributed by atoms with Gasteiger partial charge in [0.05, 0.1) is 0 Å². The zero-order valence-corrected chi connectivity index (χ0v) is 11.1. The number of hydrogen-bond acceptors (Lipinski definition) is 3. The molecule has 0 unspecified atom stereocenters. The highest BCUT2D eigenvalue weighted by molar-refractivity contribution is 5.46. The maximum absolute atomic E-state index is 4.43. The first kappa shape index (κ1) is 11.7. The zero-order valence-electron chi connectivity index (χ0n) is 11.1. The summed E-state index contributed by atoms with van der Waals surface area (Å²) in [6.45, 7) is 7.85. The van der Waals surface area contributed by atoms with Gasteiger partial charge < -0.3 is 4.90 Å². The lowest BCUT2D eigenvalue weighted by atomic mass is 9.96. The maximum atomic E-state index is 4.43. The molecule has 0 radical (unpaired) electrons. The van der Waals surface area contributed by atoms with Crippen LogP contribution in [0.4, 0.5) is 0 Å². The lowest BCUT2D eigenvalue weighted by Crippen LogP contribution is -2.33. The molecule has 1 aliphatic rings. The van der Waals surface area contributed by atoms with E-state index in [2.05, 4.69) is 51.7 Å². The van der Waals surface area contributed by atoms with Crippen LogP contribution in [0.5, 0.6) is 0 Å². The van der Waals surface area contributed by atoms with Crippen LogP contribution in [-0.4, -0.2) is 39.1 Å². The molecule has 4 nitrogen and oxygen atoms in total. The minimum absolute atomic E-state index is 0.560. The van der Waals surface area contributed by atoms with E-state index >= 15 is 0 Å². The van der Waals surface area contributed by atoms with Crippen LogP contribution in [-0.2, 0) is 0 Å². The van der Waals surface area contributed by atoms with Crippen molar-refractivity contribution in [2.24, 2.45) is 0 Å². The Kier molecular flexibility index (Phi) is 3.04. The smallest absolute Gasteiger partial charge is 0.163 e. The molecule has 0 aromatic carbocycles. The molecule has 0 N–H and O–H groups in total. The second kappa shape index (κ2) is 4.69. The summed E-state index contributed by atoms with van der Waals surface area (Å²) in [7, 11) is 0. The molecule has 1 saturated heterocycles. The number of piperidine rings is 1. The Labute approximate surface area is 108 Å². The normalized spacial score (nSPS) is 18.6. The van der Waals surface area contributed by atoms with Crippen molar-refractivity contribution in [1.29, 1.82) is 0 Å². The first-order valence-corrected chi connectivity index (χ1v) is 6.82. The molecule has 0 aliphatic carbocycles. The van der Waals surface area contributed by atoms with E-state index in [1.807, 2.05) is 0 Å². The van der Waals surface area contributed by atoms with Crippen LogP contribution in [0.2, 0.25) is 0 Å². The van der Waals surface area contributed by atoms with Gasteiger partial charge in [0.25, 0.3) is 0 Å². The summed E-state index contributed by atoms with van der Waals surface area (Å²) in [6, 6.07) is 4.17. The van der Waals surface area contributed by atoms with Crippen molar-refractivity contribution < 1.29 is 0 Å². The van der Waals surface area contributed by atoms with Crippen LogP contribution in [0.25, 0.3) is 5.65 Å². The van der Waals surface area contributed by atoms with Crippen LogP contribution < -0.4 is 0 Å². The number of nitrogens with zero attached hydrogens (tertiary/aromatic N) is 4. The topological polar surface area (TPSA) is 33.4 Å². The SMILES string of the molecule is CCN1CCC(c2nnc3c(C)cccn23)CC1. The van der Waals surface area contributed by atoms with Gasteiger partial charge in [-0.1, -0.05) is 13.0 Å². The Balaban J connectivity index is 1.89. The molecular formula is C14H20N4. The number of hydrogen-bond donors (Lipinski definition) is 0. The molecule has 3 heterocycles. The van der Waals surface area contributed by atoms with E-state index in [-0.39, 0.29) is 0 Å². The molecule has 96 valence electrons. The molecular weight excluding hydrogens is 224 g/mol. The van der Waals surface area contributed by atoms with Gasteiger partial charge >= 0.3 is 0 Å². The van der Waals surface area contributed by atoms with Crippen molar-refractivity contribution in [3.63, 3.8) is 0 Å². The number of aromatic nitrogens is 3. The van der Waals surface area contributed by atoms with Crippen molar-refractivity contribution in [2.45, 2.75) is 32.6 Å². The largest absolute Gasteiger partial charge is 0.304 e. The van der Waals surface area contributed by atoms with Gasteiger partial charge in [-0.25, -0.2) is 0 Å². The van der Waals surface area contributed by atoms with Gasteiger partial charge in [-0.2, -0.15) is 0 Å². The fourth-order valence-electron chi connectivity index (χ4n) is 2.85. The number of aryl methyl sites for hydroxylation is 1. The lowest BCUT2D eigenvalue weighted by molar-refractivity contribution is 0.218. The molecule has 0 spiro atoms. The summed E-state index contributed by atoms with van der Waals surface area (Å²) in [5.41, 5.74) is 2.20. The van der Waals surface area contributed by atoms with Crippen molar-refractivity contribution in [1.82, 2.24) is 19.5 Å². The quantitative estimate of drug-likeness (QED) is 0.812. The first-order chi connectivity index (χ1) is 8.79. The Morgan fingerprint density at radius 1 is 1.28 bits per heavy atom. The second-order valence-corrected chi connectivity index (χ2v) is 5.15. The van der Waals surface area contributed by atoms with Gasteiger partial charge in [-0.05, 0) is 51.0 Å². The summed E-state index contributed by atoms with van der Waals surface area (Å²) in [4.78, 5) is 2.50. The second-order valence-electron chi connectivity index (χ2n) is 5.15. The van der Waals surface area contributed by atoms with Gasteiger partial charge in [-0.3, -0.25) is 4.40 Å². The molecule has 2 aromatic rings. The van der Waals surface area contributed by atoms with Gasteiger partial charge in [0.15, 0.2) is 5.65 Å². The Bertz CT molecular complexity index is 538. The fourth-order valence-corrected chi connectivity index (χ4v) is 2.85. The molecule has 1 fully saturated rings. The van der Waals surface area contributed by atoms with Crippen molar-refractivity contribution in [3.05, 3.63) is 29.7 Å². The molecule has 0 saturated carbocycles. The Hall–Kier alpha value is -1.42. The van der Waals surface area contributed by atoms with Crippen LogP contribution in [0.1, 0.15) is 37.1 Å². The van der Waals surface area contributed by atoms with E-state index in [4.69, 9.17) is 0 Å². The van der Waals surface area contributed by atoms with E-state index in [0.717, 1.165) is 18.0 Å². The fraction of sp³-hybridized carbons (Fsp3) is 0.571. The summed E-state index contributed by atoms with van der Waals surface area (Å²) in [5, 5.41) is 8.76. The van der Waals surface area contributed by atoms with E-state index in [1.165, 1.54) is 31.5 Å². The summed E-state index contributed by atoms with van der Waals surface area (Å²) < 4.78 is 2.17. The molecule has 1 aliphatic heterocycles. The summed E-state index contributed by atoms with van der Waals surface area (Å²) in [5.74, 6) is 1.70. The van der Waals surface area contributed by atoms with Gasteiger partial charge in [-0.15, -0.1) is 10.2 Å². The van der Waals surface area contributed by atoms with E-state index in [1.54, 1.807) is 0 Å². The average Bonchev–Trinajstić information content (AvgIpc) is 2.84. The predicted octanol–water partition coefficient (Wildman–Crippen LogP) is 2.24. The average molecular weight is 244 g/mol. The minimum atomic E-state index is 0.560. The Morgan fingerprint density at radius 2 is 2.06 bits per heavy atom. The van der Waals surface area contributed by atoms with E-state index in [0.29, 0.717) is 5.92 Å². The van der Waals surface area contributed by atoms with Crippen LogP contribution in [0.15, 0.2) is 18.3 Å². The van der Waals surface area contributed by atoms with Crippen LogP contribution in [0.3, 0.4) is 0 Å². The van der Waals surface area contributed by atoms with Gasteiger partial charge in [0.2, 0.25) is 0 Å². The highest BCUT2D eigenvalue weighted by Gasteiger charge is 2.23. The molecule has 0 atom stereocenters. The third-order valence-electron chi connectivity index (χ3n) is 4.06. The monoisotopic (exact) mass is 244 g/mol. The number of likely N-dealkylation sites (tertiary alicyclic amines) is 1. The third-order valence-corrected chi connectivity index (χ3v) is 4.06. The zero-order chi connectivity index (χ0) is 12.5. The lowest BCUT2D eigenvalue weighted by Gasteiger charge is -2.30. The summed E-state index contributed by atoms with van der Waals surface area (Å²) >= 11 is 0. The first-order valence-electron chi connectivity index (χ1n) is 6.82. The third kappa shape index (κ3) is 1.90. The molecule has 0 bridgehead atoms. The van der Waals surface area contributed by atoms with Gasteiger partial charge in [0, 0.05) is 12.1 Å². The highest BCUT2D eigenvalue weighted by atomic mass is 15.3. The molecule has 2 aromatic heterocycles. The number of rotatable bonds is 2. The number of fused-ring (bicyclic) bond motifs is 1. The number of pyridine rings is 1. The minimum Gasteiger partial charge on any atom is -0.304 e. The molecule has 4 heteroatoms. The van der Waals surface area contributed by atoms with Crippen LogP contribution in [0, 0.1) is 6.92 Å². The maximum Gasteiger partial charge on any atom is 0.163 e. The highest BCUT2D eigenvalue weighted by Crippen LogP contribution is 2.27. The van der Waals surface area contributed by atoms with Crippen molar-refractivity contribution >= 4 is 5.65 Å². The molecule has 0 amide bonds. The van der Waals surface area contributed by atoms with E-state index < -0.39 is 0 Å². The van der Waals surface area contributed by atoms with Crippen LogP contribution >= 0.6 is 0 Å². The molecule has 18 heavy (non-hydrogen) atoms. The predicted molar refractivity (Wildman–Crippen MR) is 71.8 cm³/mol. The van der Waals surface area contributed by atoms with Crippen molar-refractivity contribution in [3.8, 4) is 0 Å². The standard InChI is InChI=1S/C14H20N4/c1-3-17-9-6-12(7-10-17)14-16-15-13-11(2)5-4-8-18(13)14/h4-5,8,12H,3,6-7,9-10H2,1-2H3. The summed E-state index contributed by atoms with van der Waals surface area (Å²) in [6.07, 6.45) is 4.48. The van der Waals surface area contributed by atoms with E-state index in [9.17, 15) is 0 Å². The molecule has 3 rings (SSSR count).